The highest BCUT2D eigenvalue weighted by Crippen LogP contribution is 2.21. The van der Waals surface area contributed by atoms with E-state index in [9.17, 15) is 9.90 Å². The van der Waals surface area contributed by atoms with Crippen molar-refractivity contribution in [2.75, 3.05) is 6.54 Å². The number of hydrogen-bond acceptors (Lipinski definition) is 3. The van der Waals surface area contributed by atoms with E-state index in [4.69, 9.17) is 0 Å². The summed E-state index contributed by atoms with van der Waals surface area (Å²) in [5.74, 6) is 0. The Kier molecular flexibility index (Phi) is 6.00. The van der Waals surface area contributed by atoms with Crippen molar-refractivity contribution in [1.82, 2.24) is 20.4 Å². The lowest BCUT2D eigenvalue weighted by Gasteiger charge is -2.24. The summed E-state index contributed by atoms with van der Waals surface area (Å²) in [6.45, 7) is 10.3. The van der Waals surface area contributed by atoms with Gasteiger partial charge in [0, 0.05) is 24.8 Å². The third kappa shape index (κ3) is 6.47. The molecule has 0 saturated heterocycles. The first kappa shape index (κ1) is 18.5. The first-order valence-electron chi connectivity index (χ1n) is 7.75. The van der Waals surface area contributed by atoms with Crippen molar-refractivity contribution < 1.29 is 9.90 Å². The second-order valence-corrected chi connectivity index (χ2v) is 7.50. The highest BCUT2D eigenvalue weighted by atomic mass is 16.3. The molecule has 1 aromatic heterocycles. The molecule has 0 aliphatic rings. The Morgan fingerprint density at radius 3 is 2.55 bits per heavy atom. The summed E-state index contributed by atoms with van der Waals surface area (Å²) in [7, 11) is 1.79. The Morgan fingerprint density at radius 1 is 1.41 bits per heavy atom. The molecule has 0 saturated carbocycles. The number of rotatable bonds is 6. The van der Waals surface area contributed by atoms with Gasteiger partial charge in [-0.05, 0) is 32.1 Å². The van der Waals surface area contributed by atoms with Crippen LogP contribution in [-0.4, -0.2) is 33.5 Å². The third-order valence-corrected chi connectivity index (χ3v) is 3.62. The molecule has 0 aromatic carbocycles. The van der Waals surface area contributed by atoms with E-state index in [-0.39, 0.29) is 24.0 Å². The van der Waals surface area contributed by atoms with Gasteiger partial charge in [-0.15, -0.1) is 0 Å². The van der Waals surface area contributed by atoms with Crippen LogP contribution in [0.1, 0.15) is 53.0 Å². The molecule has 3 N–H and O–H groups in total. The molecule has 6 heteroatoms. The molecule has 0 fully saturated rings. The molecule has 0 aliphatic carbocycles. The highest BCUT2D eigenvalue weighted by molar-refractivity contribution is 5.74. The number of amides is 2. The lowest BCUT2D eigenvalue weighted by atomic mass is 9.89. The zero-order valence-corrected chi connectivity index (χ0v) is 14.6. The monoisotopic (exact) mass is 310 g/mol. The van der Waals surface area contributed by atoms with Crippen LogP contribution in [0, 0.1) is 5.41 Å². The minimum atomic E-state index is -1.14. The zero-order chi connectivity index (χ0) is 17.0. The maximum absolute atomic E-state index is 11.9. The Balaban J connectivity index is 2.39. The van der Waals surface area contributed by atoms with Crippen LogP contribution >= 0.6 is 0 Å². The summed E-state index contributed by atoms with van der Waals surface area (Å²) in [5.41, 5.74) is -0.201. The molecular formula is C16H30N4O2. The van der Waals surface area contributed by atoms with Gasteiger partial charge in [0.05, 0.1) is 12.7 Å². The van der Waals surface area contributed by atoms with Gasteiger partial charge in [-0.3, -0.25) is 4.68 Å². The van der Waals surface area contributed by atoms with Crippen molar-refractivity contribution in [2.45, 2.75) is 59.1 Å². The van der Waals surface area contributed by atoms with Crippen LogP contribution < -0.4 is 10.6 Å². The SMILES string of the molecule is CC(CCC(C)(C)C)NC(=O)NCC(C)(O)c1cnn(C)c1. The number of carbonyl (C=O) groups is 1. The average molecular weight is 310 g/mol. The van der Waals surface area contributed by atoms with Gasteiger partial charge >= 0.3 is 6.03 Å². The van der Waals surface area contributed by atoms with Gasteiger partial charge in [-0.25, -0.2) is 4.79 Å². The van der Waals surface area contributed by atoms with Crippen LogP contribution in [0.25, 0.3) is 0 Å². The number of nitrogens with zero attached hydrogens (tertiary/aromatic N) is 2. The first-order chi connectivity index (χ1) is 9.99. The molecule has 1 rings (SSSR count). The molecule has 1 aromatic rings. The van der Waals surface area contributed by atoms with Crippen molar-refractivity contribution in [3.05, 3.63) is 18.0 Å². The molecule has 126 valence electrons. The molecule has 0 aliphatic heterocycles. The topological polar surface area (TPSA) is 79.2 Å². The number of carbonyl (C=O) groups excluding carboxylic acids is 1. The smallest absolute Gasteiger partial charge is 0.315 e. The average Bonchev–Trinajstić information content (AvgIpc) is 2.81. The second kappa shape index (κ2) is 7.13. The normalized spacial score (nSPS) is 16.0. The Labute approximate surface area is 133 Å². The zero-order valence-electron chi connectivity index (χ0n) is 14.6. The van der Waals surface area contributed by atoms with Crippen LogP contribution in [0.2, 0.25) is 0 Å². The summed E-state index contributed by atoms with van der Waals surface area (Å²) in [6, 6.07) is -0.159. The second-order valence-electron chi connectivity index (χ2n) is 7.50. The Hall–Kier alpha value is -1.56. The van der Waals surface area contributed by atoms with Crippen molar-refractivity contribution in [3.8, 4) is 0 Å². The fourth-order valence-electron chi connectivity index (χ4n) is 2.05. The van der Waals surface area contributed by atoms with E-state index >= 15 is 0 Å². The summed E-state index contributed by atoms with van der Waals surface area (Å²) >= 11 is 0. The molecule has 0 bridgehead atoms. The van der Waals surface area contributed by atoms with Gasteiger partial charge in [0.15, 0.2) is 0 Å². The molecular weight excluding hydrogens is 280 g/mol. The van der Waals surface area contributed by atoms with Crippen molar-refractivity contribution >= 4 is 6.03 Å². The lowest BCUT2D eigenvalue weighted by Crippen LogP contribution is -2.46. The number of nitrogens with one attached hydrogen (secondary N) is 2. The third-order valence-electron chi connectivity index (χ3n) is 3.62. The molecule has 2 atom stereocenters. The lowest BCUT2D eigenvalue weighted by molar-refractivity contribution is 0.0592. The van der Waals surface area contributed by atoms with Crippen LogP contribution in [0.4, 0.5) is 4.79 Å². The molecule has 6 nitrogen and oxygen atoms in total. The summed E-state index contributed by atoms with van der Waals surface area (Å²) in [4.78, 5) is 11.9. The standard InChI is InChI=1S/C16H30N4O2/c1-12(7-8-15(2,3)4)19-14(21)17-11-16(5,22)13-9-18-20(6)10-13/h9-10,12,22H,7-8,11H2,1-6H3,(H2,17,19,21). The predicted molar refractivity (Wildman–Crippen MR) is 87.5 cm³/mol. The number of aliphatic hydroxyl groups is 1. The number of aryl methyl sites for hydroxylation is 1. The first-order valence-corrected chi connectivity index (χ1v) is 7.75. The maximum Gasteiger partial charge on any atom is 0.315 e. The van der Waals surface area contributed by atoms with Crippen molar-refractivity contribution in [1.29, 1.82) is 0 Å². The molecule has 2 amide bonds. The minimum absolute atomic E-state index is 0.0996. The number of urea groups is 1. The van der Waals surface area contributed by atoms with Crippen LogP contribution in [0.3, 0.4) is 0 Å². The van der Waals surface area contributed by atoms with Gasteiger partial charge in [-0.2, -0.15) is 5.10 Å². The van der Waals surface area contributed by atoms with E-state index in [0.29, 0.717) is 5.56 Å². The molecule has 0 spiro atoms. The predicted octanol–water partition coefficient (Wildman–Crippen LogP) is 2.14. The van der Waals surface area contributed by atoms with E-state index in [2.05, 4.69) is 36.5 Å². The largest absolute Gasteiger partial charge is 0.383 e. The van der Waals surface area contributed by atoms with Crippen LogP contribution in [0.15, 0.2) is 12.4 Å². The van der Waals surface area contributed by atoms with Crippen LogP contribution in [0.5, 0.6) is 0 Å². The van der Waals surface area contributed by atoms with E-state index in [1.807, 2.05) is 6.92 Å². The van der Waals surface area contributed by atoms with E-state index in [1.54, 1.807) is 31.0 Å². The molecule has 22 heavy (non-hydrogen) atoms. The highest BCUT2D eigenvalue weighted by Gasteiger charge is 2.25. The Morgan fingerprint density at radius 2 is 2.05 bits per heavy atom. The minimum Gasteiger partial charge on any atom is -0.383 e. The fourth-order valence-corrected chi connectivity index (χ4v) is 2.05. The van der Waals surface area contributed by atoms with Crippen molar-refractivity contribution in [3.63, 3.8) is 0 Å². The van der Waals surface area contributed by atoms with E-state index in [0.717, 1.165) is 12.8 Å². The number of aromatic nitrogens is 2. The van der Waals surface area contributed by atoms with Gasteiger partial charge in [0.25, 0.3) is 0 Å². The molecule has 2 unspecified atom stereocenters. The quantitative estimate of drug-likeness (QED) is 0.753. The Bertz CT molecular complexity index is 489. The maximum atomic E-state index is 11.9. The van der Waals surface area contributed by atoms with Gasteiger partial charge in [0.2, 0.25) is 0 Å². The summed E-state index contributed by atoms with van der Waals surface area (Å²) in [5, 5.41) is 20.1. The van der Waals surface area contributed by atoms with Gasteiger partial charge in [-0.1, -0.05) is 20.8 Å². The summed E-state index contributed by atoms with van der Waals surface area (Å²) in [6.07, 6.45) is 5.31. The fraction of sp³-hybridized carbons (Fsp3) is 0.750. The van der Waals surface area contributed by atoms with Gasteiger partial charge in [0.1, 0.15) is 5.60 Å². The van der Waals surface area contributed by atoms with Crippen molar-refractivity contribution in [2.24, 2.45) is 12.5 Å². The summed E-state index contributed by atoms with van der Waals surface area (Å²) < 4.78 is 1.62. The molecule has 1 heterocycles. The van der Waals surface area contributed by atoms with E-state index in [1.165, 1.54) is 0 Å². The molecule has 0 radical (unpaired) electrons. The van der Waals surface area contributed by atoms with Crippen LogP contribution in [-0.2, 0) is 12.6 Å². The van der Waals surface area contributed by atoms with E-state index < -0.39 is 5.60 Å². The number of hydrogen-bond donors (Lipinski definition) is 3. The van der Waals surface area contributed by atoms with Gasteiger partial charge < -0.3 is 15.7 Å².